The highest BCUT2D eigenvalue weighted by Crippen LogP contribution is 2.23. The average molecular weight is 242 g/mol. The Kier molecular flexibility index (Phi) is 2.13. The van der Waals surface area contributed by atoms with Gasteiger partial charge in [-0.05, 0) is 36.4 Å². The smallest absolute Gasteiger partial charge is 0.331 e. The van der Waals surface area contributed by atoms with Crippen LogP contribution in [0.25, 0.3) is 16.7 Å². The molecule has 0 aliphatic heterocycles. The van der Waals surface area contributed by atoms with Gasteiger partial charge in [-0.2, -0.15) is 0 Å². The Bertz CT molecular complexity index is 769. The van der Waals surface area contributed by atoms with Gasteiger partial charge in [0.05, 0.1) is 11.2 Å². The number of aromatic nitrogens is 2. The van der Waals surface area contributed by atoms with E-state index in [9.17, 15) is 15.0 Å². The van der Waals surface area contributed by atoms with E-state index in [0.717, 1.165) is 0 Å². The summed E-state index contributed by atoms with van der Waals surface area (Å²) in [5.41, 5.74) is 1.27. The van der Waals surface area contributed by atoms with E-state index in [4.69, 9.17) is 0 Å². The molecule has 0 atom stereocenters. The van der Waals surface area contributed by atoms with Crippen LogP contribution >= 0.6 is 0 Å². The van der Waals surface area contributed by atoms with Gasteiger partial charge in [-0.25, -0.2) is 4.79 Å². The Labute approximate surface area is 102 Å². The van der Waals surface area contributed by atoms with Crippen molar-refractivity contribution in [2.75, 3.05) is 0 Å². The molecule has 0 aliphatic carbocycles. The molecule has 0 saturated carbocycles. The Morgan fingerprint density at radius 3 is 2.44 bits per heavy atom. The molecular formula is C13H10N2O3. The van der Waals surface area contributed by atoms with Crippen molar-refractivity contribution in [2.24, 2.45) is 0 Å². The molecule has 2 aromatic carbocycles. The summed E-state index contributed by atoms with van der Waals surface area (Å²) in [5, 5.41) is 18.9. The number of benzene rings is 2. The van der Waals surface area contributed by atoms with Crippen molar-refractivity contribution >= 4 is 11.0 Å². The van der Waals surface area contributed by atoms with Crippen LogP contribution in [0.1, 0.15) is 0 Å². The van der Waals surface area contributed by atoms with Crippen molar-refractivity contribution in [3.05, 3.63) is 52.9 Å². The first-order valence-electron chi connectivity index (χ1n) is 5.39. The highest BCUT2D eigenvalue weighted by atomic mass is 16.3. The van der Waals surface area contributed by atoms with E-state index in [-0.39, 0.29) is 17.2 Å². The van der Waals surface area contributed by atoms with Crippen molar-refractivity contribution in [1.29, 1.82) is 0 Å². The Morgan fingerprint density at radius 1 is 1.00 bits per heavy atom. The fraction of sp³-hybridized carbons (Fsp3) is 0. The molecule has 0 saturated heterocycles. The molecule has 3 rings (SSSR count). The number of phenols is 2. The summed E-state index contributed by atoms with van der Waals surface area (Å²) in [6.07, 6.45) is 0. The van der Waals surface area contributed by atoms with Crippen LogP contribution in [-0.4, -0.2) is 19.8 Å². The number of hydrogen-bond acceptors (Lipinski definition) is 3. The summed E-state index contributed by atoms with van der Waals surface area (Å²) in [5.74, 6) is 0.164. The van der Waals surface area contributed by atoms with Crippen molar-refractivity contribution in [3.63, 3.8) is 0 Å². The number of nitrogens with zero attached hydrogens (tertiary/aromatic N) is 1. The first kappa shape index (κ1) is 10.5. The van der Waals surface area contributed by atoms with E-state index < -0.39 is 0 Å². The number of H-pyrrole nitrogens is 1. The van der Waals surface area contributed by atoms with E-state index in [1.165, 1.54) is 22.8 Å². The van der Waals surface area contributed by atoms with Crippen LogP contribution in [0.15, 0.2) is 47.3 Å². The van der Waals surface area contributed by atoms with Crippen molar-refractivity contribution in [2.45, 2.75) is 0 Å². The lowest BCUT2D eigenvalue weighted by molar-refractivity contribution is 0.475. The number of nitrogens with one attached hydrogen (secondary N) is 1. The molecule has 5 nitrogen and oxygen atoms in total. The summed E-state index contributed by atoms with van der Waals surface area (Å²) < 4.78 is 1.44. The van der Waals surface area contributed by atoms with Gasteiger partial charge in [0, 0.05) is 0 Å². The van der Waals surface area contributed by atoms with Gasteiger partial charge in [0.2, 0.25) is 0 Å². The molecule has 18 heavy (non-hydrogen) atoms. The third-order valence-corrected chi connectivity index (χ3v) is 2.80. The molecule has 0 radical (unpaired) electrons. The number of fused-ring (bicyclic) bond motifs is 1. The number of phenolic OH excluding ortho intramolecular Hbond substituents is 2. The molecule has 5 heteroatoms. The second kappa shape index (κ2) is 3.66. The summed E-state index contributed by atoms with van der Waals surface area (Å²) in [4.78, 5) is 14.5. The molecule has 0 unspecified atom stereocenters. The lowest BCUT2D eigenvalue weighted by atomic mass is 10.2. The van der Waals surface area contributed by atoms with Crippen molar-refractivity contribution < 1.29 is 10.2 Å². The lowest BCUT2D eigenvalue weighted by Crippen LogP contribution is -2.14. The van der Waals surface area contributed by atoms with Gasteiger partial charge in [0.25, 0.3) is 0 Å². The standard InChI is InChI=1S/C13H10N2O3/c16-9-6-4-8(5-7-9)15-10-2-1-3-11(17)12(10)14-13(15)18/h1-7,16-17H,(H,14,18). The molecular weight excluding hydrogens is 232 g/mol. The molecule has 0 bridgehead atoms. The van der Waals surface area contributed by atoms with E-state index >= 15 is 0 Å². The number of rotatable bonds is 1. The van der Waals surface area contributed by atoms with Gasteiger partial charge in [-0.1, -0.05) is 6.07 Å². The zero-order valence-corrected chi connectivity index (χ0v) is 9.29. The Morgan fingerprint density at radius 2 is 1.72 bits per heavy atom. The predicted molar refractivity (Wildman–Crippen MR) is 67.2 cm³/mol. The van der Waals surface area contributed by atoms with Gasteiger partial charge in [-0.3, -0.25) is 4.57 Å². The summed E-state index contributed by atoms with van der Waals surface area (Å²) >= 11 is 0. The van der Waals surface area contributed by atoms with E-state index in [1.807, 2.05) is 0 Å². The van der Waals surface area contributed by atoms with Crippen LogP contribution in [-0.2, 0) is 0 Å². The SMILES string of the molecule is O=c1[nH]c2c(O)cccc2n1-c1ccc(O)cc1. The third kappa shape index (κ3) is 1.45. The molecule has 3 N–H and O–H groups in total. The van der Waals surface area contributed by atoms with Crippen LogP contribution in [0.3, 0.4) is 0 Å². The minimum atomic E-state index is -0.336. The molecule has 90 valence electrons. The minimum Gasteiger partial charge on any atom is -0.508 e. The van der Waals surface area contributed by atoms with Crippen LogP contribution in [0.2, 0.25) is 0 Å². The van der Waals surface area contributed by atoms with Crippen molar-refractivity contribution in [3.8, 4) is 17.2 Å². The van der Waals surface area contributed by atoms with E-state index in [0.29, 0.717) is 16.7 Å². The maximum absolute atomic E-state index is 11.9. The molecule has 3 aromatic rings. The summed E-state index contributed by atoms with van der Waals surface area (Å²) in [6, 6.07) is 11.2. The Hall–Kier alpha value is -2.69. The zero-order valence-electron chi connectivity index (χ0n) is 9.29. The maximum Gasteiger partial charge on any atom is 0.331 e. The van der Waals surface area contributed by atoms with E-state index in [1.54, 1.807) is 24.3 Å². The van der Waals surface area contributed by atoms with Crippen LogP contribution in [0.4, 0.5) is 0 Å². The minimum absolute atomic E-state index is 0.0297. The number of aromatic amines is 1. The van der Waals surface area contributed by atoms with Gasteiger partial charge in [0.1, 0.15) is 17.0 Å². The second-order valence-corrected chi connectivity index (χ2v) is 3.95. The van der Waals surface area contributed by atoms with Gasteiger partial charge < -0.3 is 15.2 Å². The molecule has 0 fully saturated rings. The fourth-order valence-electron chi connectivity index (χ4n) is 1.97. The third-order valence-electron chi connectivity index (χ3n) is 2.80. The quantitative estimate of drug-likeness (QED) is 0.608. The molecule has 1 heterocycles. The average Bonchev–Trinajstić information content (AvgIpc) is 2.69. The topological polar surface area (TPSA) is 78.2 Å². The predicted octanol–water partition coefficient (Wildman–Crippen LogP) is 1.73. The summed E-state index contributed by atoms with van der Waals surface area (Å²) in [6.45, 7) is 0. The van der Waals surface area contributed by atoms with Gasteiger partial charge in [-0.15, -0.1) is 0 Å². The molecule has 0 aliphatic rings. The largest absolute Gasteiger partial charge is 0.508 e. The fourth-order valence-corrected chi connectivity index (χ4v) is 1.97. The van der Waals surface area contributed by atoms with Gasteiger partial charge in [0.15, 0.2) is 0 Å². The second-order valence-electron chi connectivity index (χ2n) is 3.95. The van der Waals surface area contributed by atoms with Crippen LogP contribution in [0.5, 0.6) is 11.5 Å². The van der Waals surface area contributed by atoms with E-state index in [2.05, 4.69) is 4.98 Å². The number of hydrogen-bond donors (Lipinski definition) is 3. The highest BCUT2D eigenvalue weighted by Gasteiger charge is 2.10. The van der Waals surface area contributed by atoms with Crippen molar-refractivity contribution in [1.82, 2.24) is 9.55 Å². The lowest BCUT2D eigenvalue weighted by Gasteiger charge is -2.03. The molecule has 1 aromatic heterocycles. The zero-order chi connectivity index (χ0) is 12.7. The molecule has 0 amide bonds. The Balaban J connectivity index is 2.35. The van der Waals surface area contributed by atoms with Crippen LogP contribution < -0.4 is 5.69 Å². The maximum atomic E-state index is 11.9. The highest BCUT2D eigenvalue weighted by molar-refractivity contribution is 5.83. The first-order valence-corrected chi connectivity index (χ1v) is 5.39. The monoisotopic (exact) mass is 242 g/mol. The number of imidazole rings is 1. The summed E-state index contributed by atoms with van der Waals surface area (Å²) in [7, 11) is 0. The molecule has 0 spiro atoms. The van der Waals surface area contributed by atoms with Gasteiger partial charge >= 0.3 is 5.69 Å². The first-order chi connectivity index (χ1) is 8.66. The van der Waals surface area contributed by atoms with Crippen LogP contribution in [0, 0.1) is 0 Å². The number of para-hydroxylation sites is 1. The number of aromatic hydroxyl groups is 2. The normalized spacial score (nSPS) is 10.9.